The maximum Gasteiger partial charge on any atom is 0.241 e. The van der Waals surface area contributed by atoms with E-state index < -0.39 is 33.8 Å². The molecule has 0 saturated carbocycles. The van der Waals surface area contributed by atoms with Crippen LogP contribution in [0.15, 0.2) is 29.2 Å². The summed E-state index contributed by atoms with van der Waals surface area (Å²) in [5.41, 5.74) is 4.86. The number of amides is 1. The lowest BCUT2D eigenvalue weighted by Gasteiger charge is -2.19. The van der Waals surface area contributed by atoms with Crippen molar-refractivity contribution < 1.29 is 27.5 Å². The zero-order chi connectivity index (χ0) is 15.3. The monoisotopic (exact) mass is 303 g/mol. The molecule has 0 fully saturated rings. The maximum atomic E-state index is 12.7. The van der Waals surface area contributed by atoms with Gasteiger partial charge in [-0.2, -0.15) is 0 Å². The van der Waals surface area contributed by atoms with Gasteiger partial charge < -0.3 is 15.6 Å². The van der Waals surface area contributed by atoms with E-state index in [-0.39, 0.29) is 17.7 Å². The third kappa shape index (κ3) is 4.59. The first kappa shape index (κ1) is 16.1. The fourth-order valence-corrected chi connectivity index (χ4v) is 2.60. The molecular weight excluding hydrogens is 291 g/mol. The molecule has 20 heavy (non-hydrogen) atoms. The highest BCUT2D eigenvalue weighted by Crippen LogP contribution is 2.11. The lowest BCUT2D eigenvalue weighted by Crippen LogP contribution is -2.48. The number of benzene rings is 1. The number of nitrogens with one attached hydrogen (secondary N) is 1. The molecule has 1 amide bonds. The van der Waals surface area contributed by atoms with Crippen LogP contribution in [0.3, 0.4) is 0 Å². The van der Waals surface area contributed by atoms with Crippen molar-refractivity contribution in [3.63, 3.8) is 0 Å². The quantitative estimate of drug-likeness (QED) is 0.632. The fourth-order valence-electron chi connectivity index (χ4n) is 1.38. The van der Waals surface area contributed by atoms with Crippen LogP contribution in [0, 0.1) is 5.82 Å². The van der Waals surface area contributed by atoms with Gasteiger partial charge in [0.2, 0.25) is 15.9 Å². The molecule has 110 valence electrons. The second kappa shape index (κ2) is 6.44. The summed E-state index contributed by atoms with van der Waals surface area (Å²) in [5, 5.41) is 10.8. The molecule has 0 heterocycles. The topological polar surface area (TPSA) is 129 Å². The number of hydrogen-bond donors (Lipinski definition) is 2. The van der Waals surface area contributed by atoms with E-state index >= 15 is 0 Å². The van der Waals surface area contributed by atoms with Crippen molar-refractivity contribution in [3.05, 3.63) is 30.1 Å². The molecule has 1 atom stereocenters. The maximum absolute atomic E-state index is 12.7. The van der Waals surface area contributed by atoms with Gasteiger partial charge in [-0.05, 0) is 30.7 Å². The Morgan fingerprint density at radius 2 is 1.85 bits per heavy atom. The number of nitrogens with two attached hydrogens (primary N) is 1. The van der Waals surface area contributed by atoms with Crippen LogP contribution in [0.5, 0.6) is 0 Å². The van der Waals surface area contributed by atoms with E-state index in [9.17, 15) is 27.5 Å². The largest absolute Gasteiger partial charge is 0.548 e. The Kier molecular flexibility index (Phi) is 5.17. The van der Waals surface area contributed by atoms with Crippen LogP contribution in [0.25, 0.3) is 0 Å². The Hall–Kier alpha value is -2.00. The molecule has 3 N–H and O–H groups in total. The third-order valence-corrected chi connectivity index (χ3v) is 3.87. The molecule has 9 heteroatoms. The minimum Gasteiger partial charge on any atom is -0.548 e. The van der Waals surface area contributed by atoms with Gasteiger partial charge in [-0.25, -0.2) is 17.5 Å². The van der Waals surface area contributed by atoms with Crippen molar-refractivity contribution in [1.29, 1.82) is 0 Å². The minimum atomic E-state index is -4.16. The number of sulfonamides is 1. The van der Waals surface area contributed by atoms with Gasteiger partial charge in [0.25, 0.3) is 0 Å². The Balaban J connectivity index is 2.88. The molecule has 1 rings (SSSR count). The van der Waals surface area contributed by atoms with Gasteiger partial charge in [-0.3, -0.25) is 4.79 Å². The first-order valence-electron chi connectivity index (χ1n) is 5.49. The fraction of sp³-hybridized carbons (Fsp3) is 0.273. The van der Waals surface area contributed by atoms with Gasteiger partial charge in [0, 0.05) is 6.42 Å². The smallest absolute Gasteiger partial charge is 0.241 e. The molecule has 0 aliphatic rings. The second-order valence-corrected chi connectivity index (χ2v) is 5.67. The third-order valence-electron chi connectivity index (χ3n) is 2.39. The van der Waals surface area contributed by atoms with E-state index in [1.54, 1.807) is 0 Å². The summed E-state index contributed by atoms with van der Waals surface area (Å²) in [5.74, 6) is -3.08. The molecule has 7 nitrogen and oxygen atoms in total. The molecule has 0 spiro atoms. The molecule has 0 saturated heterocycles. The predicted molar refractivity (Wildman–Crippen MR) is 63.9 cm³/mol. The summed E-state index contributed by atoms with van der Waals surface area (Å²) in [6.45, 7) is 0. The normalized spacial score (nSPS) is 12.8. The molecule has 0 radical (unpaired) electrons. The number of carboxylic acids is 1. The summed E-state index contributed by atoms with van der Waals surface area (Å²) in [7, 11) is -4.16. The number of carboxylic acid groups (broad SMARTS) is 1. The number of carbonyl (C=O) groups is 2. The van der Waals surface area contributed by atoms with Crippen LogP contribution in [0.2, 0.25) is 0 Å². The molecule has 0 bridgehead atoms. The zero-order valence-corrected chi connectivity index (χ0v) is 11.0. The number of halogens is 1. The Labute approximate surface area is 114 Å². The van der Waals surface area contributed by atoms with Gasteiger partial charge >= 0.3 is 0 Å². The van der Waals surface area contributed by atoms with E-state index in [1.807, 2.05) is 4.72 Å². The van der Waals surface area contributed by atoms with Crippen LogP contribution in [-0.2, 0) is 19.6 Å². The molecule has 1 aromatic carbocycles. The molecule has 0 aliphatic carbocycles. The van der Waals surface area contributed by atoms with Gasteiger partial charge in [0.15, 0.2) is 0 Å². The first-order chi connectivity index (χ1) is 9.22. The molecule has 0 aliphatic heterocycles. The number of rotatable bonds is 7. The average molecular weight is 303 g/mol. The minimum absolute atomic E-state index is 0.302. The SMILES string of the molecule is NC(=O)CC[C@H](NS(=O)(=O)c1ccc(F)cc1)C(=O)[O-]. The standard InChI is InChI=1S/C11H13FN2O5S/c12-7-1-3-8(4-2-7)20(18,19)14-9(11(16)17)5-6-10(13)15/h1-4,9,14H,5-6H2,(H2,13,15)(H,16,17)/p-1/t9-/m0/s1. The van der Waals surface area contributed by atoms with Gasteiger partial charge in [-0.15, -0.1) is 0 Å². The van der Waals surface area contributed by atoms with Gasteiger partial charge in [0.1, 0.15) is 5.82 Å². The van der Waals surface area contributed by atoms with Crippen LogP contribution in [0.4, 0.5) is 4.39 Å². The van der Waals surface area contributed by atoms with Crippen molar-refractivity contribution in [1.82, 2.24) is 4.72 Å². The average Bonchev–Trinajstić information content (AvgIpc) is 2.34. The Morgan fingerprint density at radius 1 is 1.30 bits per heavy atom. The Bertz CT molecular complexity index is 600. The van der Waals surface area contributed by atoms with E-state index in [2.05, 4.69) is 0 Å². The number of primary amides is 1. The number of hydrogen-bond acceptors (Lipinski definition) is 5. The molecule has 1 aromatic rings. The predicted octanol–water partition coefficient (Wildman–Crippen LogP) is -1.51. The van der Waals surface area contributed by atoms with E-state index in [4.69, 9.17) is 5.73 Å². The second-order valence-electron chi connectivity index (χ2n) is 3.95. The van der Waals surface area contributed by atoms with E-state index in [1.165, 1.54) is 0 Å². The van der Waals surface area contributed by atoms with E-state index in [0.717, 1.165) is 24.3 Å². The van der Waals surface area contributed by atoms with Crippen molar-refractivity contribution in [2.45, 2.75) is 23.8 Å². The summed E-state index contributed by atoms with van der Waals surface area (Å²) >= 11 is 0. The lowest BCUT2D eigenvalue weighted by molar-refractivity contribution is -0.308. The van der Waals surface area contributed by atoms with Crippen molar-refractivity contribution in [2.24, 2.45) is 5.73 Å². The van der Waals surface area contributed by atoms with Crippen LogP contribution in [-0.4, -0.2) is 26.3 Å². The zero-order valence-electron chi connectivity index (χ0n) is 10.2. The highest BCUT2D eigenvalue weighted by atomic mass is 32.2. The van der Waals surface area contributed by atoms with Crippen LogP contribution >= 0.6 is 0 Å². The highest BCUT2D eigenvalue weighted by Gasteiger charge is 2.21. The van der Waals surface area contributed by atoms with Crippen LogP contribution in [0.1, 0.15) is 12.8 Å². The number of aliphatic carboxylic acids is 1. The summed E-state index contributed by atoms with van der Waals surface area (Å²) in [4.78, 5) is 21.1. The highest BCUT2D eigenvalue weighted by molar-refractivity contribution is 7.89. The van der Waals surface area contributed by atoms with E-state index in [0.29, 0.717) is 0 Å². The summed E-state index contributed by atoms with van der Waals surface area (Å²) < 4.78 is 38.3. The Morgan fingerprint density at radius 3 is 2.30 bits per heavy atom. The molecular formula is C11H12FN2O5S-. The lowest BCUT2D eigenvalue weighted by atomic mass is 10.2. The van der Waals surface area contributed by atoms with Gasteiger partial charge in [0.05, 0.1) is 16.9 Å². The summed E-state index contributed by atoms with van der Waals surface area (Å²) in [6.07, 6.45) is -0.650. The van der Waals surface area contributed by atoms with Gasteiger partial charge in [-0.1, -0.05) is 0 Å². The molecule has 0 aromatic heterocycles. The van der Waals surface area contributed by atoms with Crippen LogP contribution < -0.4 is 15.6 Å². The summed E-state index contributed by atoms with van der Waals surface area (Å²) in [6, 6.07) is 2.21. The first-order valence-corrected chi connectivity index (χ1v) is 6.98. The van der Waals surface area contributed by atoms with Crippen molar-refractivity contribution in [3.8, 4) is 0 Å². The molecule has 0 unspecified atom stereocenters. The number of carbonyl (C=O) groups excluding carboxylic acids is 2. The van der Waals surface area contributed by atoms with Crippen molar-refractivity contribution in [2.75, 3.05) is 0 Å². The van der Waals surface area contributed by atoms with Crippen molar-refractivity contribution >= 4 is 21.9 Å².